The zero-order valence-corrected chi connectivity index (χ0v) is 8.71. The third-order valence-corrected chi connectivity index (χ3v) is 2.07. The fourth-order valence-corrected chi connectivity index (χ4v) is 1.28. The van der Waals surface area contributed by atoms with Crippen LogP contribution in [0.3, 0.4) is 0 Å². The summed E-state index contributed by atoms with van der Waals surface area (Å²) in [5.74, 6) is -0.109. The number of phenolic OH excluding ortho intramolecular Hbond substituents is 1. The molecule has 0 radical (unpaired) electrons. The summed E-state index contributed by atoms with van der Waals surface area (Å²) < 4.78 is 1.56. The summed E-state index contributed by atoms with van der Waals surface area (Å²) in [5.41, 5.74) is 0.976. The minimum absolute atomic E-state index is 0.163. The van der Waals surface area contributed by atoms with Gasteiger partial charge in [-0.1, -0.05) is 0 Å². The van der Waals surface area contributed by atoms with Gasteiger partial charge in [0.2, 0.25) is 0 Å². The first-order chi connectivity index (χ1) is 7.65. The van der Waals surface area contributed by atoms with Crippen LogP contribution in [0.5, 0.6) is 5.75 Å². The second-order valence-corrected chi connectivity index (χ2v) is 3.38. The molecular formula is C11H11N3O2. The molecule has 2 aromatic rings. The number of nitrogens with one attached hydrogen (secondary N) is 1. The van der Waals surface area contributed by atoms with Gasteiger partial charge in [-0.2, -0.15) is 5.10 Å². The Morgan fingerprint density at radius 1 is 1.31 bits per heavy atom. The van der Waals surface area contributed by atoms with Crippen LogP contribution in [0.2, 0.25) is 0 Å². The molecule has 2 N–H and O–H groups in total. The maximum absolute atomic E-state index is 11.7. The van der Waals surface area contributed by atoms with Crippen molar-refractivity contribution in [2.24, 2.45) is 7.05 Å². The Bertz CT molecular complexity index is 502. The molecule has 5 heteroatoms. The number of phenols is 1. The number of amides is 1. The van der Waals surface area contributed by atoms with E-state index < -0.39 is 0 Å². The van der Waals surface area contributed by atoms with E-state index in [0.29, 0.717) is 11.4 Å². The molecule has 1 aromatic heterocycles. The predicted molar refractivity (Wildman–Crippen MR) is 59.3 cm³/mol. The molecule has 82 valence electrons. The van der Waals surface area contributed by atoms with Gasteiger partial charge in [0.25, 0.3) is 5.91 Å². The third kappa shape index (κ3) is 2.20. The van der Waals surface area contributed by atoms with E-state index in [0.717, 1.165) is 0 Å². The molecule has 16 heavy (non-hydrogen) atoms. The number of carbonyl (C=O) groups excluding carboxylic acids is 1. The van der Waals surface area contributed by atoms with Crippen molar-refractivity contribution in [2.45, 2.75) is 0 Å². The highest BCUT2D eigenvalue weighted by molar-refractivity contribution is 6.02. The topological polar surface area (TPSA) is 67.2 Å². The molecule has 0 aliphatic carbocycles. The van der Waals surface area contributed by atoms with Crippen LogP contribution >= 0.6 is 0 Å². The molecule has 0 aliphatic rings. The van der Waals surface area contributed by atoms with Crippen molar-refractivity contribution < 1.29 is 9.90 Å². The molecule has 1 aromatic carbocycles. The van der Waals surface area contributed by atoms with Crippen molar-refractivity contribution in [3.05, 3.63) is 42.2 Å². The van der Waals surface area contributed by atoms with Crippen molar-refractivity contribution in [1.29, 1.82) is 0 Å². The molecule has 0 saturated carbocycles. The fraction of sp³-hybridized carbons (Fsp3) is 0.0909. The SMILES string of the molecule is Cn1ccc(C(=O)Nc2ccc(O)cc2)n1. The molecule has 1 amide bonds. The highest BCUT2D eigenvalue weighted by Gasteiger charge is 2.08. The Labute approximate surface area is 92.3 Å². The summed E-state index contributed by atoms with van der Waals surface area (Å²) in [7, 11) is 1.75. The normalized spacial score (nSPS) is 10.1. The molecule has 1 heterocycles. The summed E-state index contributed by atoms with van der Waals surface area (Å²) in [5, 5.41) is 15.7. The van der Waals surface area contributed by atoms with Crippen LogP contribution < -0.4 is 5.32 Å². The van der Waals surface area contributed by atoms with E-state index in [9.17, 15) is 4.79 Å². The number of carbonyl (C=O) groups is 1. The molecule has 0 atom stereocenters. The van der Waals surface area contributed by atoms with E-state index >= 15 is 0 Å². The van der Waals surface area contributed by atoms with E-state index in [1.54, 1.807) is 36.1 Å². The minimum atomic E-state index is -0.272. The second-order valence-electron chi connectivity index (χ2n) is 3.38. The molecular weight excluding hydrogens is 206 g/mol. The standard InChI is InChI=1S/C11H11N3O2/c1-14-7-6-10(13-14)11(16)12-8-2-4-9(15)5-3-8/h2-7,15H,1H3,(H,12,16). The zero-order valence-electron chi connectivity index (χ0n) is 8.71. The number of nitrogens with zero attached hydrogens (tertiary/aromatic N) is 2. The van der Waals surface area contributed by atoms with Gasteiger partial charge in [-0.05, 0) is 30.3 Å². The number of hydrogen-bond donors (Lipinski definition) is 2. The summed E-state index contributed by atoms with van der Waals surface area (Å²) in [6.45, 7) is 0. The van der Waals surface area contributed by atoms with Crippen molar-refractivity contribution in [3.8, 4) is 5.75 Å². The number of hydrogen-bond acceptors (Lipinski definition) is 3. The van der Waals surface area contributed by atoms with Crippen LogP contribution in [0, 0.1) is 0 Å². The first-order valence-corrected chi connectivity index (χ1v) is 4.75. The maximum atomic E-state index is 11.7. The third-order valence-electron chi connectivity index (χ3n) is 2.07. The summed E-state index contributed by atoms with van der Waals surface area (Å²) >= 11 is 0. The van der Waals surface area contributed by atoms with Crippen molar-refractivity contribution in [1.82, 2.24) is 9.78 Å². The van der Waals surface area contributed by atoms with Gasteiger partial charge in [0.05, 0.1) is 0 Å². The van der Waals surface area contributed by atoms with E-state index in [1.807, 2.05) is 0 Å². The van der Waals surface area contributed by atoms with Crippen LogP contribution in [0.15, 0.2) is 36.5 Å². The van der Waals surface area contributed by atoms with Crippen LogP contribution in [0.4, 0.5) is 5.69 Å². The van der Waals surface area contributed by atoms with Crippen molar-refractivity contribution in [3.63, 3.8) is 0 Å². The van der Waals surface area contributed by atoms with Gasteiger partial charge in [-0.3, -0.25) is 9.48 Å². The van der Waals surface area contributed by atoms with Gasteiger partial charge < -0.3 is 10.4 Å². The van der Waals surface area contributed by atoms with Gasteiger partial charge >= 0.3 is 0 Å². The first-order valence-electron chi connectivity index (χ1n) is 4.75. The van der Waals surface area contributed by atoms with Crippen LogP contribution in [0.25, 0.3) is 0 Å². The lowest BCUT2D eigenvalue weighted by Crippen LogP contribution is -2.12. The van der Waals surface area contributed by atoms with E-state index in [4.69, 9.17) is 5.11 Å². The van der Waals surface area contributed by atoms with Gasteiger partial charge in [-0.15, -0.1) is 0 Å². The Morgan fingerprint density at radius 2 is 2.00 bits per heavy atom. The minimum Gasteiger partial charge on any atom is -0.508 e. The highest BCUT2D eigenvalue weighted by atomic mass is 16.3. The smallest absolute Gasteiger partial charge is 0.276 e. The van der Waals surface area contributed by atoms with E-state index in [-0.39, 0.29) is 11.7 Å². The Morgan fingerprint density at radius 3 is 2.56 bits per heavy atom. The van der Waals surface area contributed by atoms with Crippen LogP contribution in [-0.4, -0.2) is 20.8 Å². The van der Waals surface area contributed by atoms with Gasteiger partial charge in [0.1, 0.15) is 5.75 Å². The molecule has 0 spiro atoms. The molecule has 2 rings (SSSR count). The lowest BCUT2D eigenvalue weighted by Gasteiger charge is -2.02. The summed E-state index contributed by atoms with van der Waals surface area (Å²) in [4.78, 5) is 11.7. The average Bonchev–Trinajstić information content (AvgIpc) is 2.68. The quantitative estimate of drug-likeness (QED) is 0.747. The van der Waals surface area contributed by atoms with Crippen molar-refractivity contribution in [2.75, 3.05) is 5.32 Å². The van der Waals surface area contributed by atoms with E-state index in [2.05, 4.69) is 10.4 Å². The molecule has 0 fully saturated rings. The maximum Gasteiger partial charge on any atom is 0.276 e. The van der Waals surface area contributed by atoms with E-state index in [1.165, 1.54) is 12.1 Å². The number of aryl methyl sites for hydroxylation is 1. The predicted octanol–water partition coefficient (Wildman–Crippen LogP) is 1.38. The molecule has 0 saturated heterocycles. The Balaban J connectivity index is 2.10. The summed E-state index contributed by atoms with van der Waals surface area (Å²) in [6, 6.07) is 7.89. The number of aromatic nitrogens is 2. The van der Waals surface area contributed by atoms with Crippen molar-refractivity contribution >= 4 is 11.6 Å². The molecule has 0 aliphatic heterocycles. The lowest BCUT2D eigenvalue weighted by atomic mass is 10.3. The number of aromatic hydroxyl groups is 1. The zero-order chi connectivity index (χ0) is 11.5. The van der Waals surface area contributed by atoms with Crippen LogP contribution in [-0.2, 0) is 7.05 Å². The molecule has 0 unspecified atom stereocenters. The monoisotopic (exact) mass is 217 g/mol. The summed E-state index contributed by atoms with van der Waals surface area (Å²) in [6.07, 6.45) is 1.70. The Kier molecular flexibility index (Phi) is 2.59. The molecule has 0 bridgehead atoms. The fourth-order valence-electron chi connectivity index (χ4n) is 1.28. The lowest BCUT2D eigenvalue weighted by molar-refractivity contribution is 0.102. The highest BCUT2D eigenvalue weighted by Crippen LogP contribution is 2.14. The van der Waals surface area contributed by atoms with Gasteiger partial charge in [-0.25, -0.2) is 0 Å². The van der Waals surface area contributed by atoms with Crippen LogP contribution in [0.1, 0.15) is 10.5 Å². The van der Waals surface area contributed by atoms with Gasteiger partial charge in [0, 0.05) is 18.9 Å². The number of anilines is 1. The largest absolute Gasteiger partial charge is 0.508 e. The van der Waals surface area contributed by atoms with Gasteiger partial charge in [0.15, 0.2) is 5.69 Å². The first kappa shape index (κ1) is 10.2. The second kappa shape index (κ2) is 4.06. The number of benzene rings is 1. The number of rotatable bonds is 2. The molecule has 5 nitrogen and oxygen atoms in total. The average molecular weight is 217 g/mol. The Hall–Kier alpha value is -2.30.